The highest BCUT2D eigenvalue weighted by Crippen LogP contribution is 2.30. The summed E-state index contributed by atoms with van der Waals surface area (Å²) in [5.41, 5.74) is 6.35. The van der Waals surface area contributed by atoms with Gasteiger partial charge < -0.3 is 9.84 Å². The lowest BCUT2D eigenvalue weighted by atomic mass is 10.0. The lowest BCUT2D eigenvalue weighted by molar-refractivity contribution is -0.136. The van der Waals surface area contributed by atoms with Crippen LogP contribution in [0.25, 0.3) is 0 Å². The summed E-state index contributed by atoms with van der Waals surface area (Å²) in [6, 6.07) is 14.2. The summed E-state index contributed by atoms with van der Waals surface area (Å²) in [6.07, 6.45) is 4.92. The second kappa shape index (κ2) is 9.09. The summed E-state index contributed by atoms with van der Waals surface area (Å²) in [4.78, 5) is 10.7. The van der Waals surface area contributed by atoms with Crippen LogP contribution < -0.4 is 4.74 Å². The zero-order chi connectivity index (χ0) is 19.2. The van der Waals surface area contributed by atoms with E-state index in [-0.39, 0.29) is 6.42 Å². The lowest BCUT2D eigenvalue weighted by Crippen LogP contribution is -2.03. The van der Waals surface area contributed by atoms with E-state index in [4.69, 9.17) is 21.4 Å². The fraction of sp³-hybridized carbons (Fsp3) is 0.348. The van der Waals surface area contributed by atoms with Crippen LogP contribution in [0.4, 0.5) is 0 Å². The highest BCUT2D eigenvalue weighted by molar-refractivity contribution is 6.31. The summed E-state index contributed by atoms with van der Waals surface area (Å²) in [7, 11) is 0. The molecule has 0 bridgehead atoms. The molecule has 1 aliphatic carbocycles. The molecule has 27 heavy (non-hydrogen) atoms. The van der Waals surface area contributed by atoms with Gasteiger partial charge in [0.2, 0.25) is 0 Å². The second-order valence-electron chi connectivity index (χ2n) is 7.16. The third kappa shape index (κ3) is 5.61. The standard InChI is InChI=1S/C23H25ClO3/c1-16-5-7-17(8-6-16)13-19-3-2-4-20(19)15-27-21-11-9-18(22(24)14-21)10-12-23(25)26/h5-9,11,14H,2-4,10,12-13,15H2,1H3,(H,25,26). The van der Waals surface area contributed by atoms with Crippen molar-refractivity contribution in [1.82, 2.24) is 0 Å². The van der Waals surface area contributed by atoms with E-state index in [2.05, 4.69) is 31.2 Å². The lowest BCUT2D eigenvalue weighted by Gasteiger charge is -2.12. The summed E-state index contributed by atoms with van der Waals surface area (Å²) < 4.78 is 5.98. The largest absolute Gasteiger partial charge is 0.489 e. The smallest absolute Gasteiger partial charge is 0.303 e. The first-order valence-electron chi connectivity index (χ1n) is 9.39. The number of benzene rings is 2. The highest BCUT2D eigenvalue weighted by Gasteiger charge is 2.16. The molecule has 0 spiro atoms. The third-order valence-corrected chi connectivity index (χ3v) is 5.39. The molecule has 0 heterocycles. The van der Waals surface area contributed by atoms with Gasteiger partial charge in [-0.25, -0.2) is 0 Å². The Morgan fingerprint density at radius 3 is 2.56 bits per heavy atom. The fourth-order valence-electron chi connectivity index (χ4n) is 3.44. The van der Waals surface area contributed by atoms with Crippen molar-refractivity contribution in [2.75, 3.05) is 6.61 Å². The minimum absolute atomic E-state index is 0.0786. The molecule has 0 radical (unpaired) electrons. The SMILES string of the molecule is Cc1ccc(CC2=C(COc3ccc(CCC(=O)O)c(Cl)c3)CCC2)cc1. The van der Waals surface area contributed by atoms with E-state index >= 15 is 0 Å². The Morgan fingerprint density at radius 2 is 1.85 bits per heavy atom. The van der Waals surface area contributed by atoms with Crippen LogP contribution in [-0.2, 0) is 17.6 Å². The average Bonchev–Trinajstić information content (AvgIpc) is 3.08. The molecule has 2 aromatic carbocycles. The summed E-state index contributed by atoms with van der Waals surface area (Å²) in [6.45, 7) is 2.70. The Bertz CT molecular complexity index is 837. The van der Waals surface area contributed by atoms with E-state index < -0.39 is 5.97 Å². The van der Waals surface area contributed by atoms with E-state index in [0.717, 1.165) is 30.6 Å². The fourth-order valence-corrected chi connectivity index (χ4v) is 3.71. The third-order valence-electron chi connectivity index (χ3n) is 5.04. The maximum Gasteiger partial charge on any atom is 0.303 e. The number of ether oxygens (including phenoxy) is 1. The Kier molecular flexibility index (Phi) is 6.57. The molecule has 3 rings (SSSR count). The molecule has 0 unspecified atom stereocenters. The molecule has 0 aliphatic heterocycles. The molecule has 1 N–H and O–H groups in total. The number of aryl methyl sites for hydroxylation is 2. The molecular weight excluding hydrogens is 360 g/mol. The Hall–Kier alpha value is -2.26. The van der Waals surface area contributed by atoms with Crippen molar-refractivity contribution >= 4 is 17.6 Å². The number of allylic oxidation sites excluding steroid dienone is 1. The average molecular weight is 385 g/mol. The molecule has 0 fully saturated rings. The topological polar surface area (TPSA) is 46.5 Å². The van der Waals surface area contributed by atoms with Crippen molar-refractivity contribution in [2.24, 2.45) is 0 Å². The number of carboxylic acids is 1. The molecule has 0 saturated carbocycles. The van der Waals surface area contributed by atoms with Crippen LogP contribution in [0, 0.1) is 6.92 Å². The summed E-state index contributed by atoms with van der Waals surface area (Å²) in [5.74, 6) is -0.0890. The van der Waals surface area contributed by atoms with E-state index in [1.807, 2.05) is 12.1 Å². The van der Waals surface area contributed by atoms with Gasteiger partial charge in [0, 0.05) is 11.4 Å². The van der Waals surface area contributed by atoms with Gasteiger partial charge in [0.15, 0.2) is 0 Å². The van der Waals surface area contributed by atoms with Crippen molar-refractivity contribution in [3.63, 3.8) is 0 Å². The normalized spacial score (nSPS) is 13.9. The van der Waals surface area contributed by atoms with E-state index in [1.165, 1.54) is 28.7 Å². The molecule has 4 heteroatoms. The number of hydrogen-bond acceptors (Lipinski definition) is 2. The Balaban J connectivity index is 1.61. The van der Waals surface area contributed by atoms with Crippen LogP contribution in [0.1, 0.15) is 42.4 Å². The first kappa shape index (κ1) is 19.5. The quantitative estimate of drug-likeness (QED) is 0.588. The van der Waals surface area contributed by atoms with Gasteiger partial charge in [-0.15, -0.1) is 0 Å². The maximum atomic E-state index is 10.7. The van der Waals surface area contributed by atoms with Gasteiger partial charge in [-0.1, -0.05) is 53.1 Å². The Morgan fingerprint density at radius 1 is 1.11 bits per heavy atom. The van der Waals surface area contributed by atoms with Gasteiger partial charge in [-0.2, -0.15) is 0 Å². The summed E-state index contributed by atoms with van der Waals surface area (Å²) >= 11 is 6.27. The minimum atomic E-state index is -0.819. The molecule has 0 aromatic heterocycles. The number of halogens is 1. The number of rotatable bonds is 8. The van der Waals surface area contributed by atoms with E-state index in [9.17, 15) is 4.79 Å². The molecule has 2 aromatic rings. The van der Waals surface area contributed by atoms with Gasteiger partial charge in [-0.3, -0.25) is 4.79 Å². The number of hydrogen-bond donors (Lipinski definition) is 1. The molecule has 0 amide bonds. The van der Waals surface area contributed by atoms with Crippen LogP contribution in [0.3, 0.4) is 0 Å². The number of aliphatic carboxylic acids is 1. The van der Waals surface area contributed by atoms with E-state index in [1.54, 1.807) is 6.07 Å². The predicted octanol–water partition coefficient (Wildman–Crippen LogP) is 5.77. The van der Waals surface area contributed by atoms with Crippen molar-refractivity contribution in [3.05, 3.63) is 75.3 Å². The Labute approximate surface area is 165 Å². The minimum Gasteiger partial charge on any atom is -0.489 e. The van der Waals surface area contributed by atoms with Crippen LogP contribution >= 0.6 is 11.6 Å². The van der Waals surface area contributed by atoms with E-state index in [0.29, 0.717) is 18.1 Å². The van der Waals surface area contributed by atoms with Gasteiger partial charge in [0.05, 0.1) is 0 Å². The number of carbonyl (C=O) groups is 1. The van der Waals surface area contributed by atoms with Gasteiger partial charge in [0.1, 0.15) is 12.4 Å². The second-order valence-corrected chi connectivity index (χ2v) is 7.57. The monoisotopic (exact) mass is 384 g/mol. The van der Waals surface area contributed by atoms with Gasteiger partial charge in [0.25, 0.3) is 0 Å². The van der Waals surface area contributed by atoms with Crippen molar-refractivity contribution < 1.29 is 14.6 Å². The maximum absolute atomic E-state index is 10.7. The van der Waals surface area contributed by atoms with Crippen LogP contribution in [0.5, 0.6) is 5.75 Å². The van der Waals surface area contributed by atoms with Crippen LogP contribution in [0.15, 0.2) is 53.6 Å². The summed E-state index contributed by atoms with van der Waals surface area (Å²) in [5, 5.41) is 9.36. The molecular formula is C23H25ClO3. The highest BCUT2D eigenvalue weighted by atomic mass is 35.5. The van der Waals surface area contributed by atoms with Gasteiger partial charge in [-0.05, 0) is 67.9 Å². The molecule has 0 saturated heterocycles. The zero-order valence-corrected chi connectivity index (χ0v) is 16.4. The molecule has 3 nitrogen and oxygen atoms in total. The van der Waals surface area contributed by atoms with Crippen LogP contribution in [-0.4, -0.2) is 17.7 Å². The first-order chi connectivity index (χ1) is 13.0. The molecule has 1 aliphatic rings. The van der Waals surface area contributed by atoms with Crippen molar-refractivity contribution in [3.8, 4) is 5.75 Å². The van der Waals surface area contributed by atoms with Gasteiger partial charge >= 0.3 is 5.97 Å². The van der Waals surface area contributed by atoms with Crippen molar-refractivity contribution in [1.29, 1.82) is 0 Å². The first-order valence-corrected chi connectivity index (χ1v) is 9.77. The zero-order valence-electron chi connectivity index (χ0n) is 15.6. The molecule has 0 atom stereocenters. The molecule has 142 valence electrons. The van der Waals surface area contributed by atoms with Crippen molar-refractivity contribution in [2.45, 2.75) is 45.4 Å². The number of carboxylic acid groups (broad SMARTS) is 1. The van der Waals surface area contributed by atoms with Crippen LogP contribution in [0.2, 0.25) is 5.02 Å². The predicted molar refractivity (Wildman–Crippen MR) is 109 cm³/mol.